The molecule has 1 aromatic heterocycles. The van der Waals surface area contributed by atoms with Crippen LogP contribution in [0.4, 0.5) is 13.2 Å². The monoisotopic (exact) mass is 215 g/mol. The van der Waals surface area contributed by atoms with Gasteiger partial charge in [-0.25, -0.2) is 0 Å². The number of rotatable bonds is 0. The van der Waals surface area contributed by atoms with Crippen LogP contribution in [0, 0.1) is 6.92 Å². The van der Waals surface area contributed by atoms with E-state index in [4.69, 9.17) is 0 Å². The maximum atomic E-state index is 12.7. The molecule has 1 nitrogen and oxygen atoms in total. The Morgan fingerprint density at radius 1 is 1.33 bits per heavy atom. The van der Waals surface area contributed by atoms with E-state index in [0.717, 1.165) is 12.0 Å². The minimum absolute atomic E-state index is 0.174. The molecule has 4 heteroatoms. The number of aryl methyl sites for hydroxylation is 2. The molecule has 1 unspecified atom stereocenters. The standard InChI is InChI=1S/C11H12F3N/c1-7-5-6-8-3-2-4-9(10(8)15-7)11(12,13)14/h5-6,9H,2-4H2,1H3. The fourth-order valence-electron chi connectivity index (χ4n) is 2.07. The molecule has 1 atom stereocenters. The van der Waals surface area contributed by atoms with Gasteiger partial charge in [0, 0.05) is 5.69 Å². The van der Waals surface area contributed by atoms with Crippen molar-refractivity contribution in [2.75, 3.05) is 0 Å². The zero-order chi connectivity index (χ0) is 11.1. The van der Waals surface area contributed by atoms with Gasteiger partial charge in [-0.15, -0.1) is 0 Å². The molecular formula is C11H12F3N. The van der Waals surface area contributed by atoms with Gasteiger partial charge < -0.3 is 0 Å². The third-order valence-electron chi connectivity index (χ3n) is 2.82. The summed E-state index contributed by atoms with van der Waals surface area (Å²) in [6, 6.07) is 3.55. The number of alkyl halides is 3. The van der Waals surface area contributed by atoms with E-state index in [2.05, 4.69) is 4.98 Å². The lowest BCUT2D eigenvalue weighted by atomic mass is 9.86. The van der Waals surface area contributed by atoms with Crippen molar-refractivity contribution in [2.45, 2.75) is 38.3 Å². The lowest BCUT2D eigenvalue weighted by Gasteiger charge is -2.26. The summed E-state index contributed by atoms with van der Waals surface area (Å²) in [5, 5.41) is 0. The molecule has 1 aliphatic rings. The lowest BCUT2D eigenvalue weighted by molar-refractivity contribution is -0.154. The second kappa shape index (κ2) is 3.51. The quantitative estimate of drug-likeness (QED) is 0.646. The van der Waals surface area contributed by atoms with Gasteiger partial charge in [-0.1, -0.05) is 6.07 Å². The second-order valence-electron chi connectivity index (χ2n) is 3.98. The average molecular weight is 215 g/mol. The zero-order valence-corrected chi connectivity index (χ0v) is 8.43. The molecule has 82 valence electrons. The summed E-state index contributed by atoms with van der Waals surface area (Å²) in [7, 11) is 0. The number of pyridine rings is 1. The molecular weight excluding hydrogens is 203 g/mol. The topological polar surface area (TPSA) is 12.9 Å². The Morgan fingerprint density at radius 2 is 2.07 bits per heavy atom. The third kappa shape index (κ3) is 1.98. The fourth-order valence-corrected chi connectivity index (χ4v) is 2.07. The summed E-state index contributed by atoms with van der Waals surface area (Å²) in [5.74, 6) is -1.36. The number of halogens is 3. The molecule has 0 aromatic carbocycles. The van der Waals surface area contributed by atoms with Gasteiger partial charge >= 0.3 is 6.18 Å². The first-order valence-corrected chi connectivity index (χ1v) is 5.01. The molecule has 0 aliphatic heterocycles. The largest absolute Gasteiger partial charge is 0.397 e. The predicted molar refractivity (Wildman–Crippen MR) is 50.7 cm³/mol. The molecule has 1 aromatic rings. The first-order chi connectivity index (χ1) is 6.98. The van der Waals surface area contributed by atoms with Crippen LogP contribution in [0.25, 0.3) is 0 Å². The second-order valence-corrected chi connectivity index (χ2v) is 3.98. The Labute approximate surface area is 86.3 Å². The number of aromatic nitrogens is 1. The Hall–Kier alpha value is -1.06. The van der Waals surface area contributed by atoms with Crippen LogP contribution in [0.15, 0.2) is 12.1 Å². The van der Waals surface area contributed by atoms with Gasteiger partial charge in [0.25, 0.3) is 0 Å². The van der Waals surface area contributed by atoms with Crippen LogP contribution < -0.4 is 0 Å². The molecule has 1 aliphatic carbocycles. The number of hydrogen-bond donors (Lipinski definition) is 0. The zero-order valence-electron chi connectivity index (χ0n) is 8.43. The number of nitrogens with zero attached hydrogens (tertiary/aromatic N) is 1. The predicted octanol–water partition coefficient (Wildman–Crippen LogP) is 3.37. The SMILES string of the molecule is Cc1ccc2c(n1)C(C(F)(F)F)CCC2. The van der Waals surface area contributed by atoms with Crippen molar-refractivity contribution in [3.8, 4) is 0 Å². The van der Waals surface area contributed by atoms with Gasteiger partial charge in [-0.2, -0.15) is 13.2 Å². The minimum Gasteiger partial charge on any atom is -0.257 e. The van der Waals surface area contributed by atoms with E-state index < -0.39 is 12.1 Å². The Bertz CT molecular complexity index is 371. The molecule has 0 saturated carbocycles. The van der Waals surface area contributed by atoms with E-state index in [0.29, 0.717) is 12.1 Å². The van der Waals surface area contributed by atoms with Crippen LogP contribution in [0.1, 0.15) is 35.7 Å². The van der Waals surface area contributed by atoms with Gasteiger partial charge in [-0.3, -0.25) is 4.98 Å². The Balaban J connectivity index is 2.45. The molecule has 0 radical (unpaired) electrons. The molecule has 0 amide bonds. The summed E-state index contributed by atoms with van der Waals surface area (Å²) in [5.41, 5.74) is 1.66. The van der Waals surface area contributed by atoms with Crippen LogP contribution in [0.2, 0.25) is 0 Å². The van der Waals surface area contributed by atoms with Gasteiger partial charge in [0.05, 0.1) is 11.6 Å². The molecule has 2 rings (SSSR count). The molecule has 0 bridgehead atoms. The summed E-state index contributed by atoms with van der Waals surface area (Å²) in [4.78, 5) is 4.04. The van der Waals surface area contributed by atoms with Crippen molar-refractivity contribution < 1.29 is 13.2 Å². The fraction of sp³-hybridized carbons (Fsp3) is 0.545. The first-order valence-electron chi connectivity index (χ1n) is 5.01. The van der Waals surface area contributed by atoms with E-state index in [1.807, 2.05) is 0 Å². The summed E-state index contributed by atoms with van der Waals surface area (Å²) >= 11 is 0. The van der Waals surface area contributed by atoms with Crippen molar-refractivity contribution >= 4 is 0 Å². The average Bonchev–Trinajstić information content (AvgIpc) is 2.15. The van der Waals surface area contributed by atoms with Crippen LogP contribution in [0.5, 0.6) is 0 Å². The summed E-state index contributed by atoms with van der Waals surface area (Å²) < 4.78 is 38.1. The van der Waals surface area contributed by atoms with Gasteiger partial charge in [0.1, 0.15) is 0 Å². The van der Waals surface area contributed by atoms with Crippen LogP contribution >= 0.6 is 0 Å². The van der Waals surface area contributed by atoms with E-state index in [1.165, 1.54) is 0 Å². The number of hydrogen-bond acceptors (Lipinski definition) is 1. The van der Waals surface area contributed by atoms with Gasteiger partial charge in [-0.05, 0) is 37.8 Å². The van der Waals surface area contributed by atoms with Gasteiger partial charge in [0.2, 0.25) is 0 Å². The highest BCUT2D eigenvalue weighted by Crippen LogP contribution is 2.41. The smallest absolute Gasteiger partial charge is 0.257 e. The van der Waals surface area contributed by atoms with Crippen LogP contribution in [-0.2, 0) is 6.42 Å². The highest BCUT2D eigenvalue weighted by molar-refractivity contribution is 5.29. The lowest BCUT2D eigenvalue weighted by Crippen LogP contribution is -2.26. The molecule has 0 N–H and O–H groups in total. The molecule has 1 heterocycles. The maximum Gasteiger partial charge on any atom is 0.397 e. The van der Waals surface area contributed by atoms with Crippen molar-refractivity contribution in [3.05, 3.63) is 29.1 Å². The molecule has 0 spiro atoms. The van der Waals surface area contributed by atoms with Crippen molar-refractivity contribution in [1.82, 2.24) is 4.98 Å². The summed E-state index contributed by atoms with van der Waals surface area (Å²) in [6.07, 6.45) is -2.67. The Kier molecular flexibility index (Phi) is 2.44. The van der Waals surface area contributed by atoms with E-state index in [1.54, 1.807) is 19.1 Å². The van der Waals surface area contributed by atoms with E-state index in [-0.39, 0.29) is 12.1 Å². The number of fused-ring (bicyclic) bond motifs is 1. The third-order valence-corrected chi connectivity index (χ3v) is 2.82. The van der Waals surface area contributed by atoms with E-state index >= 15 is 0 Å². The van der Waals surface area contributed by atoms with Crippen molar-refractivity contribution in [3.63, 3.8) is 0 Å². The molecule has 0 fully saturated rings. The van der Waals surface area contributed by atoms with Crippen molar-refractivity contribution in [2.24, 2.45) is 0 Å². The van der Waals surface area contributed by atoms with Crippen LogP contribution in [-0.4, -0.2) is 11.2 Å². The van der Waals surface area contributed by atoms with Crippen molar-refractivity contribution in [1.29, 1.82) is 0 Å². The van der Waals surface area contributed by atoms with Gasteiger partial charge in [0.15, 0.2) is 0 Å². The van der Waals surface area contributed by atoms with Crippen LogP contribution in [0.3, 0.4) is 0 Å². The minimum atomic E-state index is -4.16. The van der Waals surface area contributed by atoms with E-state index in [9.17, 15) is 13.2 Å². The highest BCUT2D eigenvalue weighted by Gasteiger charge is 2.43. The Morgan fingerprint density at radius 3 is 2.73 bits per heavy atom. The molecule has 15 heavy (non-hydrogen) atoms. The summed E-state index contributed by atoms with van der Waals surface area (Å²) in [6.45, 7) is 1.72. The highest BCUT2D eigenvalue weighted by atomic mass is 19.4. The molecule has 0 saturated heterocycles. The first kappa shape index (κ1) is 10.5. The normalized spacial score (nSPS) is 21.2. The maximum absolute atomic E-state index is 12.7.